The van der Waals surface area contributed by atoms with Crippen molar-refractivity contribution in [3.05, 3.63) is 0 Å². The van der Waals surface area contributed by atoms with Crippen LogP contribution in [0.2, 0.25) is 0 Å². The Morgan fingerprint density at radius 1 is 1.40 bits per heavy atom. The molecule has 0 fully saturated rings. The lowest BCUT2D eigenvalue weighted by Crippen LogP contribution is -2.10. The predicted molar refractivity (Wildman–Crippen MR) is 51.4 cm³/mol. The van der Waals surface area contributed by atoms with Crippen molar-refractivity contribution in [3.63, 3.8) is 0 Å². The first-order chi connectivity index (χ1) is 4.62. The lowest BCUT2D eigenvalue weighted by Gasteiger charge is -2.20. The summed E-state index contributed by atoms with van der Waals surface area (Å²) in [6.45, 7) is 6.71. The van der Waals surface area contributed by atoms with Gasteiger partial charge in [-0.2, -0.15) is 0 Å². The molecule has 0 bridgehead atoms. The molecule has 0 aromatic carbocycles. The zero-order chi connectivity index (χ0) is 8.04. The average Bonchev–Trinajstić information content (AvgIpc) is 1.89. The highest BCUT2D eigenvalue weighted by Gasteiger charge is 2.15. The van der Waals surface area contributed by atoms with Crippen LogP contribution in [0.5, 0.6) is 0 Å². The highest BCUT2D eigenvalue weighted by Crippen LogP contribution is 2.37. The van der Waals surface area contributed by atoms with Gasteiger partial charge in [-0.3, -0.25) is 0 Å². The third-order valence-electron chi connectivity index (χ3n) is 1.30. The topological polar surface area (TPSA) is 9.23 Å². The fourth-order valence-electron chi connectivity index (χ4n) is 0.291. The molecule has 0 unspecified atom stereocenters. The minimum Gasteiger partial charge on any atom is -0.373 e. The average molecular weight is 180 g/mol. The SMILES string of the molecule is CCC(C)(C)SSCOC. The van der Waals surface area contributed by atoms with Gasteiger partial charge >= 0.3 is 0 Å². The quantitative estimate of drug-likeness (QED) is 0.365. The second kappa shape index (κ2) is 5.33. The zero-order valence-electron chi connectivity index (χ0n) is 7.14. The Morgan fingerprint density at radius 3 is 2.40 bits per heavy atom. The van der Waals surface area contributed by atoms with E-state index in [0.717, 1.165) is 5.94 Å². The fraction of sp³-hybridized carbons (Fsp3) is 1.00. The Balaban J connectivity index is 3.28. The van der Waals surface area contributed by atoms with Crippen molar-refractivity contribution in [2.45, 2.75) is 31.9 Å². The van der Waals surface area contributed by atoms with Gasteiger partial charge in [0.05, 0.1) is 0 Å². The van der Waals surface area contributed by atoms with Crippen molar-refractivity contribution in [1.29, 1.82) is 0 Å². The van der Waals surface area contributed by atoms with Gasteiger partial charge in [-0.1, -0.05) is 28.5 Å². The van der Waals surface area contributed by atoms with E-state index in [1.165, 1.54) is 6.42 Å². The van der Waals surface area contributed by atoms with Gasteiger partial charge in [0.15, 0.2) is 0 Å². The minimum absolute atomic E-state index is 0.392. The normalized spacial score (nSPS) is 12.0. The molecule has 0 aliphatic rings. The van der Waals surface area contributed by atoms with Gasteiger partial charge in [-0.15, -0.1) is 0 Å². The Kier molecular flexibility index (Phi) is 5.68. The van der Waals surface area contributed by atoms with Crippen molar-refractivity contribution in [3.8, 4) is 0 Å². The number of methoxy groups -OCH3 is 1. The summed E-state index contributed by atoms with van der Waals surface area (Å²) < 4.78 is 5.32. The van der Waals surface area contributed by atoms with Gasteiger partial charge in [0.25, 0.3) is 0 Å². The largest absolute Gasteiger partial charge is 0.373 e. The number of hydrogen-bond acceptors (Lipinski definition) is 3. The molecule has 0 saturated heterocycles. The third-order valence-corrected chi connectivity index (χ3v) is 4.49. The van der Waals surface area contributed by atoms with Gasteiger partial charge in [0, 0.05) is 11.9 Å². The number of rotatable bonds is 5. The standard InChI is InChI=1S/C7H16OS2/c1-5-7(2,3)10-9-6-8-4/h5-6H2,1-4H3. The first kappa shape index (κ1) is 10.7. The fourth-order valence-corrected chi connectivity index (χ4v) is 2.62. The van der Waals surface area contributed by atoms with E-state index in [0.29, 0.717) is 4.75 Å². The van der Waals surface area contributed by atoms with Crippen LogP contribution < -0.4 is 0 Å². The molecule has 0 aromatic heterocycles. The van der Waals surface area contributed by atoms with Crippen LogP contribution in [-0.2, 0) is 4.74 Å². The number of ether oxygens (including phenoxy) is 1. The van der Waals surface area contributed by atoms with Crippen LogP contribution in [-0.4, -0.2) is 17.8 Å². The highest BCUT2D eigenvalue weighted by molar-refractivity contribution is 8.77. The molecule has 0 aromatic rings. The Hall–Kier alpha value is 0.660. The van der Waals surface area contributed by atoms with Crippen LogP contribution in [0.15, 0.2) is 0 Å². The van der Waals surface area contributed by atoms with E-state index in [1.807, 2.05) is 10.8 Å². The maximum absolute atomic E-state index is 4.92. The molecule has 0 atom stereocenters. The molecule has 10 heavy (non-hydrogen) atoms. The van der Waals surface area contributed by atoms with Crippen LogP contribution >= 0.6 is 21.6 Å². The van der Waals surface area contributed by atoms with Crippen molar-refractivity contribution in [2.24, 2.45) is 0 Å². The van der Waals surface area contributed by atoms with Gasteiger partial charge in [0.1, 0.15) is 5.94 Å². The van der Waals surface area contributed by atoms with E-state index in [1.54, 1.807) is 17.9 Å². The first-order valence-electron chi connectivity index (χ1n) is 3.42. The molecule has 0 heterocycles. The maximum Gasteiger partial charge on any atom is 0.102 e. The molecule has 1 nitrogen and oxygen atoms in total. The molecule has 0 saturated carbocycles. The lowest BCUT2D eigenvalue weighted by molar-refractivity contribution is 0.260. The van der Waals surface area contributed by atoms with E-state index >= 15 is 0 Å². The monoisotopic (exact) mass is 180 g/mol. The Morgan fingerprint density at radius 2 is 2.00 bits per heavy atom. The Bertz CT molecular complexity index is 83.7. The van der Waals surface area contributed by atoms with Crippen molar-refractivity contribution >= 4 is 21.6 Å². The maximum atomic E-state index is 4.92. The molecular weight excluding hydrogens is 164 g/mol. The van der Waals surface area contributed by atoms with Crippen LogP contribution in [0.1, 0.15) is 27.2 Å². The summed E-state index contributed by atoms with van der Waals surface area (Å²) in [4.78, 5) is 0. The summed E-state index contributed by atoms with van der Waals surface area (Å²) >= 11 is 0. The van der Waals surface area contributed by atoms with Gasteiger partial charge < -0.3 is 4.74 Å². The third kappa shape index (κ3) is 5.45. The molecule has 0 N–H and O–H groups in total. The van der Waals surface area contributed by atoms with Gasteiger partial charge in [0.2, 0.25) is 0 Å². The van der Waals surface area contributed by atoms with Gasteiger partial charge in [-0.25, -0.2) is 0 Å². The first-order valence-corrected chi connectivity index (χ1v) is 5.74. The van der Waals surface area contributed by atoms with E-state index in [4.69, 9.17) is 4.74 Å². The molecule has 0 aliphatic heterocycles. The second-order valence-corrected chi connectivity index (χ2v) is 5.67. The van der Waals surface area contributed by atoms with Crippen molar-refractivity contribution in [1.82, 2.24) is 0 Å². The van der Waals surface area contributed by atoms with Crippen LogP contribution in [0.4, 0.5) is 0 Å². The van der Waals surface area contributed by atoms with Crippen LogP contribution in [0.25, 0.3) is 0 Å². The van der Waals surface area contributed by atoms with Crippen LogP contribution in [0.3, 0.4) is 0 Å². The zero-order valence-corrected chi connectivity index (χ0v) is 8.77. The van der Waals surface area contributed by atoms with E-state index < -0.39 is 0 Å². The molecule has 0 rings (SSSR count). The Labute approximate surface area is 71.7 Å². The van der Waals surface area contributed by atoms with Gasteiger partial charge in [-0.05, 0) is 20.3 Å². The molecular formula is C7H16OS2. The summed E-state index contributed by atoms with van der Waals surface area (Å²) in [5.41, 5.74) is 0. The lowest BCUT2D eigenvalue weighted by atomic mass is 10.1. The predicted octanol–water partition coefficient (Wildman–Crippen LogP) is 3.16. The summed E-state index contributed by atoms with van der Waals surface area (Å²) in [6, 6.07) is 0. The molecule has 0 spiro atoms. The van der Waals surface area contributed by atoms with Crippen molar-refractivity contribution < 1.29 is 4.74 Å². The van der Waals surface area contributed by atoms with Crippen LogP contribution in [0, 0.1) is 0 Å². The summed E-state index contributed by atoms with van der Waals surface area (Å²) in [5, 5.41) is 0. The molecule has 0 radical (unpaired) electrons. The van der Waals surface area contributed by atoms with E-state index in [9.17, 15) is 0 Å². The second-order valence-electron chi connectivity index (χ2n) is 2.72. The molecule has 3 heteroatoms. The number of hydrogen-bond donors (Lipinski definition) is 0. The van der Waals surface area contributed by atoms with E-state index in [-0.39, 0.29) is 0 Å². The minimum atomic E-state index is 0.392. The summed E-state index contributed by atoms with van der Waals surface area (Å²) in [7, 11) is 5.40. The molecule has 0 aliphatic carbocycles. The molecule has 0 amide bonds. The van der Waals surface area contributed by atoms with E-state index in [2.05, 4.69) is 20.8 Å². The van der Waals surface area contributed by atoms with Crippen molar-refractivity contribution in [2.75, 3.05) is 13.0 Å². The smallest absolute Gasteiger partial charge is 0.102 e. The summed E-state index contributed by atoms with van der Waals surface area (Å²) in [6.07, 6.45) is 1.20. The summed E-state index contributed by atoms with van der Waals surface area (Å²) in [5.74, 6) is 0.786. The highest BCUT2D eigenvalue weighted by atomic mass is 33.1. The molecule has 62 valence electrons.